The van der Waals surface area contributed by atoms with Gasteiger partial charge >= 0.3 is 0 Å². The minimum Gasteiger partial charge on any atom is -0.354 e. The first-order valence-corrected chi connectivity index (χ1v) is 8.37. The lowest BCUT2D eigenvalue weighted by Crippen LogP contribution is -2.59. The number of nitrogens with zero attached hydrogens (tertiary/aromatic N) is 3. The first-order valence-electron chi connectivity index (χ1n) is 8.37. The van der Waals surface area contributed by atoms with Crippen molar-refractivity contribution in [2.24, 2.45) is 17.8 Å². The van der Waals surface area contributed by atoms with Crippen LogP contribution in [0.4, 0.5) is 5.82 Å². The maximum atomic E-state index is 11.6. The van der Waals surface area contributed by atoms with E-state index in [0.717, 1.165) is 23.6 Å². The van der Waals surface area contributed by atoms with Crippen LogP contribution < -0.4 is 10.2 Å². The highest BCUT2D eigenvalue weighted by atomic mass is 16.1. The number of anilines is 1. The molecule has 0 aliphatic heterocycles. The minimum atomic E-state index is -0.184. The minimum absolute atomic E-state index is 0.184. The number of rotatable bonds is 3. The molecule has 5 nitrogen and oxygen atoms in total. The molecule has 4 aliphatic rings. The smallest absolute Gasteiger partial charge is 0.271 e. The molecule has 22 heavy (non-hydrogen) atoms. The molecule has 5 heteroatoms. The Kier molecular flexibility index (Phi) is 3.13. The fourth-order valence-corrected chi connectivity index (χ4v) is 5.46. The maximum Gasteiger partial charge on any atom is 0.271 e. The van der Waals surface area contributed by atoms with Crippen molar-refractivity contribution in [3.63, 3.8) is 0 Å². The quantitative estimate of drug-likeness (QED) is 0.930. The van der Waals surface area contributed by atoms with Crippen LogP contribution in [0.3, 0.4) is 0 Å². The highest BCUT2D eigenvalue weighted by Crippen LogP contribution is 2.57. The van der Waals surface area contributed by atoms with Gasteiger partial charge in [0.2, 0.25) is 0 Å². The summed E-state index contributed by atoms with van der Waals surface area (Å²) in [5.41, 5.74) is 0.656. The van der Waals surface area contributed by atoms with Crippen molar-refractivity contribution in [1.29, 1.82) is 0 Å². The molecule has 0 atom stereocenters. The fraction of sp³-hybridized carbons (Fsp3) is 0.706. The van der Waals surface area contributed by atoms with Gasteiger partial charge in [0, 0.05) is 19.6 Å². The van der Waals surface area contributed by atoms with Crippen LogP contribution in [-0.2, 0) is 0 Å². The van der Waals surface area contributed by atoms with Crippen LogP contribution in [0.1, 0.15) is 49.0 Å². The van der Waals surface area contributed by atoms with E-state index in [1.807, 2.05) is 0 Å². The number of aromatic nitrogens is 2. The predicted octanol–water partition coefficient (Wildman–Crippen LogP) is 2.24. The monoisotopic (exact) mass is 300 g/mol. The van der Waals surface area contributed by atoms with Gasteiger partial charge in [-0.15, -0.1) is 0 Å². The van der Waals surface area contributed by atoms with Gasteiger partial charge in [-0.3, -0.25) is 4.79 Å². The Morgan fingerprint density at radius 2 is 1.73 bits per heavy atom. The number of amides is 1. The lowest BCUT2D eigenvalue weighted by Gasteiger charge is -2.60. The Morgan fingerprint density at radius 3 is 2.18 bits per heavy atom. The molecule has 1 heterocycles. The molecule has 1 aromatic rings. The molecular weight excluding hydrogens is 276 g/mol. The molecule has 4 bridgehead atoms. The van der Waals surface area contributed by atoms with Gasteiger partial charge in [0.15, 0.2) is 0 Å². The molecule has 5 rings (SSSR count). The Hall–Kier alpha value is -1.65. The van der Waals surface area contributed by atoms with Crippen LogP contribution >= 0.6 is 0 Å². The average Bonchev–Trinajstić information content (AvgIpc) is 2.52. The number of carbonyl (C=O) groups excluding carboxylic acids is 1. The first-order chi connectivity index (χ1) is 10.6. The molecule has 1 aromatic heterocycles. The Balaban J connectivity index is 1.59. The van der Waals surface area contributed by atoms with E-state index in [1.165, 1.54) is 38.5 Å². The summed E-state index contributed by atoms with van der Waals surface area (Å²) in [6.45, 7) is 0. The normalized spacial score (nSPS) is 35.5. The average molecular weight is 300 g/mol. The zero-order chi connectivity index (χ0) is 15.3. The van der Waals surface area contributed by atoms with Crippen molar-refractivity contribution < 1.29 is 4.79 Å². The topological polar surface area (TPSA) is 58.1 Å². The SMILES string of the molecule is CNC(=O)c1cnc(N(C)C23CC4CC(CC(C4)C2)C3)cn1. The van der Waals surface area contributed by atoms with Crippen molar-refractivity contribution >= 4 is 11.7 Å². The van der Waals surface area contributed by atoms with Crippen LogP contribution in [0.2, 0.25) is 0 Å². The number of hydrogen-bond donors (Lipinski definition) is 1. The molecule has 1 amide bonds. The standard InChI is InChI=1S/C17H24N4O/c1-18-16(22)14-9-20-15(10-19-14)21(2)17-6-11-3-12(7-17)5-13(4-11)8-17/h9-13H,3-8H2,1-2H3,(H,18,22). The summed E-state index contributed by atoms with van der Waals surface area (Å²) in [5, 5.41) is 2.58. The fourth-order valence-electron chi connectivity index (χ4n) is 5.46. The molecule has 0 aromatic carbocycles. The van der Waals surface area contributed by atoms with Crippen molar-refractivity contribution in [2.45, 2.75) is 44.1 Å². The van der Waals surface area contributed by atoms with Crippen molar-refractivity contribution in [3.8, 4) is 0 Å². The zero-order valence-electron chi connectivity index (χ0n) is 13.4. The highest BCUT2D eigenvalue weighted by molar-refractivity contribution is 5.91. The maximum absolute atomic E-state index is 11.6. The van der Waals surface area contributed by atoms with Crippen LogP contribution in [0.25, 0.3) is 0 Å². The molecule has 4 saturated carbocycles. The number of nitrogens with one attached hydrogen (secondary N) is 1. The second kappa shape index (κ2) is 4.93. The summed E-state index contributed by atoms with van der Waals surface area (Å²) < 4.78 is 0. The number of hydrogen-bond acceptors (Lipinski definition) is 4. The second-order valence-corrected chi connectivity index (χ2v) is 7.54. The van der Waals surface area contributed by atoms with Crippen LogP contribution in [0, 0.1) is 17.8 Å². The summed E-state index contributed by atoms with van der Waals surface area (Å²) in [7, 11) is 3.77. The third kappa shape index (κ3) is 2.09. The predicted molar refractivity (Wildman–Crippen MR) is 84.7 cm³/mol. The lowest BCUT2D eigenvalue weighted by molar-refractivity contribution is -0.00231. The van der Waals surface area contributed by atoms with Gasteiger partial charge < -0.3 is 10.2 Å². The van der Waals surface area contributed by atoms with Gasteiger partial charge in [0.05, 0.1) is 12.4 Å². The summed E-state index contributed by atoms with van der Waals surface area (Å²) in [5.74, 6) is 3.44. The zero-order valence-corrected chi connectivity index (χ0v) is 13.4. The summed E-state index contributed by atoms with van der Waals surface area (Å²) in [6.07, 6.45) is 11.6. The van der Waals surface area contributed by atoms with Crippen LogP contribution in [0.15, 0.2) is 12.4 Å². The third-order valence-electron chi connectivity index (χ3n) is 6.16. The molecular formula is C17H24N4O. The van der Waals surface area contributed by atoms with Gasteiger partial charge in [-0.25, -0.2) is 9.97 Å². The Bertz CT molecular complexity index is 548. The highest BCUT2D eigenvalue weighted by Gasteiger charge is 2.53. The van der Waals surface area contributed by atoms with Gasteiger partial charge in [-0.1, -0.05) is 0 Å². The van der Waals surface area contributed by atoms with E-state index in [2.05, 4.69) is 27.2 Å². The van der Waals surface area contributed by atoms with E-state index < -0.39 is 0 Å². The van der Waals surface area contributed by atoms with E-state index in [-0.39, 0.29) is 11.4 Å². The molecule has 0 radical (unpaired) electrons. The van der Waals surface area contributed by atoms with Gasteiger partial charge in [0.25, 0.3) is 5.91 Å². The van der Waals surface area contributed by atoms with Crippen molar-refractivity contribution in [3.05, 3.63) is 18.1 Å². The Labute approximate surface area is 131 Å². The van der Waals surface area contributed by atoms with Gasteiger partial charge in [0.1, 0.15) is 11.5 Å². The lowest BCUT2D eigenvalue weighted by atomic mass is 9.52. The second-order valence-electron chi connectivity index (χ2n) is 7.54. The van der Waals surface area contributed by atoms with Gasteiger partial charge in [-0.2, -0.15) is 0 Å². The molecule has 4 fully saturated rings. The van der Waals surface area contributed by atoms with E-state index in [4.69, 9.17) is 0 Å². The summed E-state index contributed by atoms with van der Waals surface area (Å²) in [6, 6.07) is 0. The number of carbonyl (C=O) groups is 1. The molecule has 0 unspecified atom stereocenters. The van der Waals surface area contributed by atoms with Crippen molar-refractivity contribution in [1.82, 2.24) is 15.3 Å². The van der Waals surface area contributed by atoms with E-state index >= 15 is 0 Å². The van der Waals surface area contributed by atoms with Gasteiger partial charge in [-0.05, 0) is 56.3 Å². The summed E-state index contributed by atoms with van der Waals surface area (Å²) >= 11 is 0. The van der Waals surface area contributed by atoms with Crippen LogP contribution in [-0.4, -0.2) is 35.5 Å². The molecule has 4 aliphatic carbocycles. The van der Waals surface area contributed by atoms with E-state index in [0.29, 0.717) is 5.69 Å². The third-order valence-corrected chi connectivity index (χ3v) is 6.16. The van der Waals surface area contributed by atoms with E-state index in [1.54, 1.807) is 19.4 Å². The van der Waals surface area contributed by atoms with Crippen LogP contribution in [0.5, 0.6) is 0 Å². The Morgan fingerprint density at radius 1 is 1.14 bits per heavy atom. The molecule has 1 N–H and O–H groups in total. The van der Waals surface area contributed by atoms with E-state index in [9.17, 15) is 4.79 Å². The molecule has 0 saturated heterocycles. The molecule has 118 valence electrons. The summed E-state index contributed by atoms with van der Waals surface area (Å²) in [4.78, 5) is 22.7. The first kappa shape index (κ1) is 14.0. The largest absolute Gasteiger partial charge is 0.354 e. The van der Waals surface area contributed by atoms with Crippen molar-refractivity contribution in [2.75, 3.05) is 19.0 Å². The molecule has 0 spiro atoms.